The first kappa shape index (κ1) is 14.3. The van der Waals surface area contributed by atoms with Crippen LogP contribution < -0.4 is 10.1 Å². The minimum Gasteiger partial charge on any atom is -0.495 e. The molecule has 0 radical (unpaired) electrons. The number of carbonyl (C=O) groups is 2. The van der Waals surface area contributed by atoms with E-state index >= 15 is 0 Å². The monoisotopic (exact) mass is 295 g/mol. The van der Waals surface area contributed by atoms with Crippen molar-refractivity contribution in [3.8, 4) is 5.75 Å². The molecule has 1 unspecified atom stereocenters. The molecule has 0 aromatic heterocycles. The molecule has 1 N–H and O–H groups in total. The van der Waals surface area contributed by atoms with Crippen molar-refractivity contribution in [2.75, 3.05) is 12.4 Å². The summed E-state index contributed by atoms with van der Waals surface area (Å²) in [5.74, 6) is 0.0172. The van der Waals surface area contributed by atoms with Gasteiger partial charge in [-0.25, -0.2) is 0 Å². The summed E-state index contributed by atoms with van der Waals surface area (Å²) in [4.78, 5) is 24.7. The zero-order chi connectivity index (χ0) is 15.7. The molecule has 2 aromatic rings. The first-order chi connectivity index (χ1) is 10.6. The van der Waals surface area contributed by atoms with E-state index in [2.05, 4.69) is 5.32 Å². The van der Waals surface area contributed by atoms with Crippen LogP contribution in [0.3, 0.4) is 0 Å². The molecule has 22 heavy (non-hydrogen) atoms. The molecule has 0 spiro atoms. The van der Waals surface area contributed by atoms with Crippen molar-refractivity contribution in [1.82, 2.24) is 0 Å². The number of aryl methyl sites for hydroxylation is 1. The fourth-order valence-electron chi connectivity index (χ4n) is 2.98. The maximum Gasteiger partial charge on any atom is 0.232 e. The first-order valence-corrected chi connectivity index (χ1v) is 7.18. The van der Waals surface area contributed by atoms with Crippen LogP contribution in [0.1, 0.15) is 33.8 Å². The van der Waals surface area contributed by atoms with Gasteiger partial charge in [0.1, 0.15) is 5.75 Å². The predicted molar refractivity (Wildman–Crippen MR) is 84.5 cm³/mol. The lowest BCUT2D eigenvalue weighted by molar-refractivity contribution is -0.117. The molecule has 1 aliphatic carbocycles. The summed E-state index contributed by atoms with van der Waals surface area (Å²) in [6.45, 7) is 1.93. The van der Waals surface area contributed by atoms with Crippen molar-refractivity contribution in [2.24, 2.45) is 0 Å². The van der Waals surface area contributed by atoms with Gasteiger partial charge in [-0.1, -0.05) is 30.3 Å². The van der Waals surface area contributed by atoms with E-state index < -0.39 is 5.92 Å². The Morgan fingerprint density at radius 3 is 2.73 bits per heavy atom. The van der Waals surface area contributed by atoms with Gasteiger partial charge in [0.15, 0.2) is 5.78 Å². The molecule has 0 fully saturated rings. The number of ether oxygens (including phenoxy) is 1. The molecule has 0 heterocycles. The number of hydrogen-bond acceptors (Lipinski definition) is 3. The SMILES string of the molecule is COc1ccccc1NC(=O)C1CC(=O)c2cccc(C)c21. The summed E-state index contributed by atoms with van der Waals surface area (Å²) in [6, 6.07) is 12.8. The van der Waals surface area contributed by atoms with E-state index in [-0.39, 0.29) is 18.1 Å². The van der Waals surface area contributed by atoms with Gasteiger partial charge >= 0.3 is 0 Å². The number of methoxy groups -OCH3 is 1. The number of nitrogens with one attached hydrogen (secondary N) is 1. The number of fused-ring (bicyclic) bond motifs is 1. The third-order valence-corrected chi connectivity index (χ3v) is 4.04. The first-order valence-electron chi connectivity index (χ1n) is 7.18. The second-order valence-corrected chi connectivity index (χ2v) is 5.41. The molecule has 1 amide bonds. The predicted octanol–water partition coefficient (Wildman–Crippen LogP) is 3.31. The molecule has 1 atom stereocenters. The molecule has 2 aromatic carbocycles. The van der Waals surface area contributed by atoms with Gasteiger partial charge in [0, 0.05) is 12.0 Å². The minimum absolute atomic E-state index is 0.0267. The maximum absolute atomic E-state index is 12.6. The third-order valence-electron chi connectivity index (χ3n) is 4.04. The second kappa shape index (κ2) is 5.64. The van der Waals surface area contributed by atoms with E-state index in [1.807, 2.05) is 31.2 Å². The van der Waals surface area contributed by atoms with E-state index in [9.17, 15) is 9.59 Å². The average Bonchev–Trinajstić information content (AvgIpc) is 2.87. The Balaban J connectivity index is 1.91. The highest BCUT2D eigenvalue weighted by Gasteiger charge is 2.35. The van der Waals surface area contributed by atoms with Gasteiger partial charge in [-0.15, -0.1) is 0 Å². The molecule has 112 valence electrons. The van der Waals surface area contributed by atoms with Gasteiger partial charge in [-0.05, 0) is 30.2 Å². The smallest absolute Gasteiger partial charge is 0.232 e. The minimum atomic E-state index is -0.436. The second-order valence-electron chi connectivity index (χ2n) is 5.41. The Kier molecular flexibility index (Phi) is 3.67. The number of ketones is 1. The normalized spacial score (nSPS) is 16.3. The molecular formula is C18H17NO3. The van der Waals surface area contributed by atoms with E-state index in [4.69, 9.17) is 4.74 Å². The molecule has 0 aliphatic heterocycles. The van der Waals surface area contributed by atoms with E-state index in [1.54, 1.807) is 25.3 Å². The topological polar surface area (TPSA) is 55.4 Å². The third kappa shape index (κ3) is 2.37. The number of hydrogen-bond donors (Lipinski definition) is 1. The van der Waals surface area contributed by atoms with Crippen molar-refractivity contribution in [2.45, 2.75) is 19.3 Å². The number of amides is 1. The Morgan fingerprint density at radius 1 is 1.18 bits per heavy atom. The Morgan fingerprint density at radius 2 is 1.95 bits per heavy atom. The molecule has 0 saturated carbocycles. The Labute approximate surface area is 129 Å². The zero-order valence-electron chi connectivity index (χ0n) is 12.6. The highest BCUT2D eigenvalue weighted by molar-refractivity contribution is 6.10. The lowest BCUT2D eigenvalue weighted by Gasteiger charge is -2.15. The number of carbonyl (C=O) groups excluding carboxylic acids is 2. The van der Waals surface area contributed by atoms with Crippen LogP contribution in [0, 0.1) is 6.92 Å². The maximum atomic E-state index is 12.6. The molecular weight excluding hydrogens is 278 g/mol. The van der Waals surface area contributed by atoms with Crippen LogP contribution in [0.25, 0.3) is 0 Å². The van der Waals surface area contributed by atoms with Gasteiger partial charge in [0.2, 0.25) is 5.91 Å². The van der Waals surface area contributed by atoms with Crippen molar-refractivity contribution in [1.29, 1.82) is 0 Å². The average molecular weight is 295 g/mol. The van der Waals surface area contributed by atoms with Crippen LogP contribution in [-0.2, 0) is 4.79 Å². The quantitative estimate of drug-likeness (QED) is 0.945. The van der Waals surface area contributed by atoms with Crippen LogP contribution in [0.2, 0.25) is 0 Å². The molecule has 0 saturated heterocycles. The standard InChI is InChI=1S/C18H17NO3/c1-11-6-5-7-12-15(20)10-13(17(11)12)18(21)19-14-8-3-4-9-16(14)22-2/h3-9,13H,10H2,1-2H3,(H,19,21). The zero-order valence-corrected chi connectivity index (χ0v) is 12.6. The van der Waals surface area contributed by atoms with Gasteiger partial charge in [-0.2, -0.15) is 0 Å². The van der Waals surface area contributed by atoms with Crippen LogP contribution >= 0.6 is 0 Å². The van der Waals surface area contributed by atoms with Crippen molar-refractivity contribution >= 4 is 17.4 Å². The number of para-hydroxylation sites is 2. The molecule has 1 aliphatic rings. The van der Waals surface area contributed by atoms with Crippen LogP contribution in [0.4, 0.5) is 5.69 Å². The van der Waals surface area contributed by atoms with Gasteiger partial charge in [0.05, 0.1) is 18.7 Å². The number of anilines is 1. The van der Waals surface area contributed by atoms with Gasteiger partial charge in [-0.3, -0.25) is 9.59 Å². The van der Waals surface area contributed by atoms with Crippen LogP contribution in [0.15, 0.2) is 42.5 Å². The lowest BCUT2D eigenvalue weighted by Crippen LogP contribution is -2.20. The van der Waals surface area contributed by atoms with Crippen molar-refractivity contribution < 1.29 is 14.3 Å². The summed E-state index contributed by atoms with van der Waals surface area (Å²) in [5, 5.41) is 2.88. The summed E-state index contributed by atoms with van der Waals surface area (Å²) < 4.78 is 5.24. The fraction of sp³-hybridized carbons (Fsp3) is 0.222. The van der Waals surface area contributed by atoms with Crippen LogP contribution in [0.5, 0.6) is 5.75 Å². The molecule has 4 heteroatoms. The molecule has 3 rings (SSSR count). The highest BCUT2D eigenvalue weighted by Crippen LogP contribution is 2.36. The number of rotatable bonds is 3. The Hall–Kier alpha value is -2.62. The Bertz CT molecular complexity index is 752. The van der Waals surface area contributed by atoms with E-state index in [1.165, 1.54) is 0 Å². The van der Waals surface area contributed by atoms with Gasteiger partial charge < -0.3 is 10.1 Å². The number of Topliss-reactive ketones (excluding diaryl/α,β-unsaturated/α-hetero) is 1. The fourth-order valence-corrected chi connectivity index (χ4v) is 2.98. The lowest BCUT2D eigenvalue weighted by atomic mass is 9.96. The number of benzene rings is 2. The van der Waals surface area contributed by atoms with E-state index in [0.717, 1.165) is 11.1 Å². The van der Waals surface area contributed by atoms with Crippen molar-refractivity contribution in [3.63, 3.8) is 0 Å². The summed E-state index contributed by atoms with van der Waals surface area (Å²) in [6.07, 6.45) is 0.223. The summed E-state index contributed by atoms with van der Waals surface area (Å²) in [7, 11) is 1.56. The van der Waals surface area contributed by atoms with E-state index in [0.29, 0.717) is 17.0 Å². The van der Waals surface area contributed by atoms with Crippen LogP contribution in [-0.4, -0.2) is 18.8 Å². The largest absolute Gasteiger partial charge is 0.495 e. The molecule has 0 bridgehead atoms. The summed E-state index contributed by atoms with van der Waals surface area (Å²) >= 11 is 0. The highest BCUT2D eigenvalue weighted by atomic mass is 16.5. The summed E-state index contributed by atoms with van der Waals surface area (Å²) in [5.41, 5.74) is 3.10. The van der Waals surface area contributed by atoms with Gasteiger partial charge in [0.25, 0.3) is 0 Å². The molecule has 4 nitrogen and oxygen atoms in total. The van der Waals surface area contributed by atoms with Crippen molar-refractivity contribution in [3.05, 3.63) is 59.2 Å².